The van der Waals surface area contributed by atoms with Crippen LogP contribution in [0.1, 0.15) is 48.4 Å². The predicted octanol–water partition coefficient (Wildman–Crippen LogP) is 8.77. The lowest BCUT2D eigenvalue weighted by molar-refractivity contribution is -0.149. The van der Waals surface area contributed by atoms with Crippen LogP contribution in [0.15, 0.2) is 127 Å². The predicted molar refractivity (Wildman–Crippen MR) is 210 cm³/mol. The lowest BCUT2D eigenvalue weighted by Crippen LogP contribution is -2.41. The van der Waals surface area contributed by atoms with E-state index in [-0.39, 0.29) is 18.2 Å². The summed E-state index contributed by atoms with van der Waals surface area (Å²) in [6.45, 7) is 1.57. The van der Waals surface area contributed by atoms with Crippen molar-refractivity contribution in [1.82, 2.24) is 14.7 Å². The standard InChI is InChI=1S/C44H38ClN5O5/c1-30(51)54-29-55-43(53)49-23-11-12-32(28-49)25-41(52)47-42-38-26-33(37-24-31(27-46)19-21-39(37)45)20-22-40(38)50(48-42)44(34-13-5-2-6-14-34,35-15-7-3-8-16-35)36-17-9-4-10-18-36/h2-10,13-22,24,26,32H,11-12,23,25,28-29H2,1H3,(H,47,48,52)/t32-/m0/s1. The molecule has 1 aliphatic rings. The number of halogens is 1. The van der Waals surface area contributed by atoms with Crippen LogP contribution >= 0.6 is 11.6 Å². The van der Waals surface area contributed by atoms with E-state index in [0.29, 0.717) is 46.9 Å². The van der Waals surface area contributed by atoms with Gasteiger partial charge in [0.05, 0.1) is 17.1 Å². The van der Waals surface area contributed by atoms with Gasteiger partial charge in [-0.1, -0.05) is 109 Å². The third kappa shape index (κ3) is 7.66. The molecule has 5 aromatic carbocycles. The zero-order valence-electron chi connectivity index (χ0n) is 30.2. The van der Waals surface area contributed by atoms with E-state index in [9.17, 15) is 19.6 Å². The quantitative estimate of drug-likeness (QED) is 0.0843. The molecule has 10 nitrogen and oxygen atoms in total. The maximum atomic E-state index is 14.0. The first kappa shape index (κ1) is 36.9. The van der Waals surface area contributed by atoms with Crippen LogP contribution in [0, 0.1) is 17.2 Å². The van der Waals surface area contributed by atoms with Crippen molar-refractivity contribution in [2.75, 3.05) is 25.2 Å². The zero-order chi connectivity index (χ0) is 38.4. The first-order valence-electron chi connectivity index (χ1n) is 18.0. The van der Waals surface area contributed by atoms with Crippen molar-refractivity contribution >= 4 is 46.3 Å². The minimum atomic E-state index is -0.971. The summed E-state index contributed by atoms with van der Waals surface area (Å²) in [4.78, 5) is 39.3. The SMILES string of the molecule is CC(=O)OCOC(=O)N1CCC[C@@H](CC(=O)Nc2nn(C(c3ccccc3)(c3ccccc3)c3ccccc3)c3ccc(-c4cc(C#N)ccc4Cl)cc23)C1. The van der Waals surface area contributed by atoms with Crippen LogP contribution in [0.2, 0.25) is 5.02 Å². The molecule has 0 radical (unpaired) electrons. The van der Waals surface area contributed by atoms with Crippen molar-refractivity contribution in [3.05, 3.63) is 155 Å². The molecule has 1 aromatic heterocycles. The van der Waals surface area contributed by atoms with Gasteiger partial charge in [-0.2, -0.15) is 10.4 Å². The van der Waals surface area contributed by atoms with E-state index >= 15 is 0 Å². The molecule has 2 amide bonds. The fourth-order valence-corrected chi connectivity index (χ4v) is 7.68. The number of aromatic nitrogens is 2. The highest BCUT2D eigenvalue weighted by Gasteiger charge is 2.41. The number of piperidine rings is 1. The van der Waals surface area contributed by atoms with Crippen molar-refractivity contribution in [2.24, 2.45) is 5.92 Å². The lowest BCUT2D eigenvalue weighted by Gasteiger charge is -2.37. The van der Waals surface area contributed by atoms with Gasteiger partial charge in [-0.3, -0.25) is 9.59 Å². The van der Waals surface area contributed by atoms with E-state index in [0.717, 1.165) is 34.2 Å². The average Bonchev–Trinajstić information content (AvgIpc) is 3.56. The monoisotopic (exact) mass is 751 g/mol. The van der Waals surface area contributed by atoms with E-state index in [1.54, 1.807) is 18.2 Å². The molecule has 0 unspecified atom stereocenters. The first-order valence-corrected chi connectivity index (χ1v) is 18.4. The molecule has 1 fully saturated rings. The molecule has 276 valence electrons. The summed E-state index contributed by atoms with van der Waals surface area (Å²) in [5.74, 6) is -0.583. The van der Waals surface area contributed by atoms with Crippen LogP contribution in [-0.2, 0) is 24.6 Å². The van der Waals surface area contributed by atoms with Gasteiger partial charge >= 0.3 is 12.1 Å². The summed E-state index contributed by atoms with van der Waals surface area (Å²) in [6, 6.07) is 43.7. The van der Waals surface area contributed by atoms with Crippen LogP contribution in [0.25, 0.3) is 22.0 Å². The highest BCUT2D eigenvalue weighted by atomic mass is 35.5. The summed E-state index contributed by atoms with van der Waals surface area (Å²) >= 11 is 6.71. The van der Waals surface area contributed by atoms with Gasteiger partial charge in [-0.05, 0) is 71.3 Å². The minimum absolute atomic E-state index is 0.136. The number of anilines is 1. The van der Waals surface area contributed by atoms with Crippen molar-refractivity contribution in [3.63, 3.8) is 0 Å². The average molecular weight is 752 g/mol. The zero-order valence-corrected chi connectivity index (χ0v) is 30.9. The highest BCUT2D eigenvalue weighted by molar-refractivity contribution is 6.33. The smallest absolute Gasteiger partial charge is 0.412 e. The topological polar surface area (TPSA) is 127 Å². The van der Waals surface area contributed by atoms with E-state index in [4.69, 9.17) is 26.2 Å². The number of likely N-dealkylation sites (tertiary alicyclic amines) is 1. The van der Waals surface area contributed by atoms with Crippen LogP contribution in [0.3, 0.4) is 0 Å². The molecular formula is C44H38ClN5O5. The molecule has 0 aliphatic carbocycles. The largest absolute Gasteiger partial charge is 0.428 e. The Morgan fingerprint density at radius 1 is 0.873 bits per heavy atom. The number of esters is 1. The molecule has 1 N–H and O–H groups in total. The summed E-state index contributed by atoms with van der Waals surface area (Å²) in [7, 11) is 0. The van der Waals surface area contributed by atoms with Crippen LogP contribution in [0.5, 0.6) is 0 Å². The Labute approximate surface area is 323 Å². The number of nitrogens with one attached hydrogen (secondary N) is 1. The number of benzene rings is 5. The van der Waals surface area contributed by atoms with Gasteiger partial charge in [-0.25, -0.2) is 9.48 Å². The number of carbonyl (C=O) groups is 3. The number of hydrogen-bond acceptors (Lipinski definition) is 7. The Kier molecular flexibility index (Phi) is 10.9. The summed E-state index contributed by atoms with van der Waals surface area (Å²) in [6.07, 6.45) is 0.978. The van der Waals surface area contributed by atoms with Crippen molar-refractivity contribution in [3.8, 4) is 17.2 Å². The van der Waals surface area contributed by atoms with Gasteiger partial charge in [0, 0.05) is 42.4 Å². The van der Waals surface area contributed by atoms with Gasteiger partial charge in [0.1, 0.15) is 5.54 Å². The summed E-state index contributed by atoms with van der Waals surface area (Å²) < 4.78 is 11.8. The molecule has 1 aliphatic heterocycles. The van der Waals surface area contributed by atoms with E-state index in [2.05, 4.69) is 47.8 Å². The van der Waals surface area contributed by atoms with Gasteiger partial charge in [0.25, 0.3) is 0 Å². The number of carbonyl (C=O) groups excluding carboxylic acids is 3. The van der Waals surface area contributed by atoms with Crippen molar-refractivity contribution in [2.45, 2.75) is 31.7 Å². The maximum absolute atomic E-state index is 14.0. The number of fused-ring (bicyclic) bond motifs is 1. The molecule has 1 atom stereocenters. The van der Waals surface area contributed by atoms with Crippen molar-refractivity contribution in [1.29, 1.82) is 5.26 Å². The third-order valence-corrected chi connectivity index (χ3v) is 10.3. The summed E-state index contributed by atoms with van der Waals surface area (Å²) in [5, 5.41) is 19.2. The van der Waals surface area contributed by atoms with E-state index in [1.807, 2.05) is 77.5 Å². The maximum Gasteiger partial charge on any atom is 0.412 e. The number of hydrogen-bond donors (Lipinski definition) is 1. The Balaban J connectivity index is 1.34. The van der Waals surface area contributed by atoms with Crippen molar-refractivity contribution < 1.29 is 23.9 Å². The third-order valence-electron chi connectivity index (χ3n) is 9.93. The minimum Gasteiger partial charge on any atom is -0.428 e. The molecule has 55 heavy (non-hydrogen) atoms. The van der Waals surface area contributed by atoms with Gasteiger partial charge in [-0.15, -0.1) is 0 Å². The van der Waals surface area contributed by atoms with Gasteiger partial charge < -0.3 is 19.7 Å². The van der Waals surface area contributed by atoms with E-state index < -0.39 is 24.4 Å². The molecule has 1 saturated heterocycles. The molecule has 0 spiro atoms. The van der Waals surface area contributed by atoms with Crippen LogP contribution < -0.4 is 5.32 Å². The molecule has 0 bridgehead atoms. The lowest BCUT2D eigenvalue weighted by atomic mass is 9.77. The van der Waals surface area contributed by atoms with Crippen LogP contribution in [-0.4, -0.2) is 52.5 Å². The molecule has 11 heteroatoms. The number of ether oxygens (including phenoxy) is 2. The summed E-state index contributed by atoms with van der Waals surface area (Å²) in [5.41, 5.74) is 4.57. The highest BCUT2D eigenvalue weighted by Crippen LogP contribution is 2.44. The fraction of sp³-hybridized carbons (Fsp3) is 0.205. The normalized spacial score (nSPS) is 14.2. The molecule has 2 heterocycles. The second kappa shape index (κ2) is 16.3. The molecule has 6 aromatic rings. The Bertz CT molecular complexity index is 2280. The Hall–Kier alpha value is -6.44. The van der Waals surface area contributed by atoms with E-state index in [1.165, 1.54) is 11.8 Å². The number of rotatable bonds is 10. The molecule has 0 saturated carbocycles. The number of nitrogens with zero attached hydrogens (tertiary/aromatic N) is 4. The second-order valence-corrected chi connectivity index (χ2v) is 13.9. The molecule has 7 rings (SSSR count). The first-order chi connectivity index (χ1) is 26.8. The molecular weight excluding hydrogens is 714 g/mol. The number of nitriles is 1. The Morgan fingerprint density at radius 2 is 1.51 bits per heavy atom. The second-order valence-electron chi connectivity index (χ2n) is 13.5. The van der Waals surface area contributed by atoms with Crippen LogP contribution in [0.4, 0.5) is 10.6 Å². The fourth-order valence-electron chi connectivity index (χ4n) is 7.45. The number of amides is 2. The Morgan fingerprint density at radius 3 is 2.11 bits per heavy atom. The van der Waals surface area contributed by atoms with Gasteiger partial charge in [0.15, 0.2) is 5.82 Å². The van der Waals surface area contributed by atoms with Gasteiger partial charge in [0.2, 0.25) is 12.7 Å².